The minimum absolute atomic E-state index is 0.310. The first-order chi connectivity index (χ1) is 14.3. The molecule has 30 heavy (non-hydrogen) atoms. The summed E-state index contributed by atoms with van der Waals surface area (Å²) in [5.41, 5.74) is 0. The maximum atomic E-state index is 10.5. The maximum absolute atomic E-state index is 10.5. The van der Waals surface area contributed by atoms with Crippen LogP contribution < -0.4 is 0 Å². The molecule has 0 aromatic heterocycles. The monoisotopic (exact) mass is 440 g/mol. The van der Waals surface area contributed by atoms with Gasteiger partial charge >= 0.3 is 0 Å². The highest BCUT2D eigenvalue weighted by atomic mass is 16.7. The van der Waals surface area contributed by atoms with Crippen LogP contribution in [-0.2, 0) is 14.2 Å². The van der Waals surface area contributed by atoms with Gasteiger partial charge in [-0.2, -0.15) is 0 Å². The van der Waals surface area contributed by atoms with Crippen LogP contribution in [0.5, 0.6) is 0 Å². The second kappa shape index (κ2) is 12.0. The van der Waals surface area contributed by atoms with Gasteiger partial charge in [-0.05, 0) is 6.42 Å². The van der Waals surface area contributed by atoms with Gasteiger partial charge in [0, 0.05) is 12.5 Å². The molecule has 0 amide bonds. The smallest absolute Gasteiger partial charge is 0.187 e. The molecule has 11 atom stereocenters. The molecule has 2 aliphatic rings. The molecule has 1 aliphatic heterocycles. The van der Waals surface area contributed by atoms with Gasteiger partial charge < -0.3 is 55.1 Å². The number of unbranched alkanes of at least 4 members (excludes halogenated alkanes) is 3. The first-order valence-corrected chi connectivity index (χ1v) is 10.5. The number of hydrogen-bond acceptors (Lipinski definition) is 11. The zero-order chi connectivity index (χ0) is 22.4. The van der Waals surface area contributed by atoms with Gasteiger partial charge in [-0.25, -0.2) is 0 Å². The Kier molecular flexibility index (Phi) is 10.3. The molecule has 11 nitrogen and oxygen atoms in total. The molecule has 0 aromatic rings. The van der Waals surface area contributed by atoms with Gasteiger partial charge in [0.2, 0.25) is 0 Å². The highest BCUT2D eigenvalue weighted by molar-refractivity contribution is 5.00. The van der Waals surface area contributed by atoms with E-state index < -0.39 is 80.4 Å². The number of aliphatic hydroxyl groups excluding tert-OH is 8. The van der Waals surface area contributed by atoms with Gasteiger partial charge in [-0.3, -0.25) is 0 Å². The normalized spacial score (nSPS) is 44.9. The molecular weight excluding hydrogens is 404 g/mol. The van der Waals surface area contributed by atoms with Gasteiger partial charge in [-0.1, -0.05) is 26.2 Å². The van der Waals surface area contributed by atoms with E-state index in [2.05, 4.69) is 6.92 Å². The highest BCUT2D eigenvalue weighted by Crippen LogP contribution is 2.32. The summed E-state index contributed by atoms with van der Waals surface area (Å²) < 4.78 is 16.7. The van der Waals surface area contributed by atoms with Crippen molar-refractivity contribution in [3.8, 4) is 0 Å². The zero-order valence-electron chi connectivity index (χ0n) is 17.1. The van der Waals surface area contributed by atoms with Gasteiger partial charge in [0.1, 0.15) is 42.7 Å². The summed E-state index contributed by atoms with van der Waals surface area (Å²) >= 11 is 0. The fraction of sp³-hybridized carbons (Fsp3) is 1.00. The van der Waals surface area contributed by atoms with Crippen molar-refractivity contribution >= 4 is 0 Å². The van der Waals surface area contributed by atoms with Crippen LogP contribution in [0.1, 0.15) is 32.6 Å². The van der Waals surface area contributed by atoms with Crippen molar-refractivity contribution < 1.29 is 55.1 Å². The van der Waals surface area contributed by atoms with Crippen molar-refractivity contribution in [3.05, 3.63) is 0 Å². The quantitative estimate of drug-likeness (QED) is 0.160. The van der Waals surface area contributed by atoms with E-state index in [-0.39, 0.29) is 0 Å². The number of ether oxygens (including phenoxy) is 3. The number of rotatable bonds is 10. The second-order valence-electron chi connectivity index (χ2n) is 8.01. The SMILES string of the molecule is CCCCCCO[C@H]1[C@H](O)[C@@H](O)[C@@H](O[C@H]2[C@H](O)[C@@H](O)[C@H](O)[C@@H](O)[C@@H]2CO)O[C@@H]1CO. The van der Waals surface area contributed by atoms with Crippen molar-refractivity contribution in [3.63, 3.8) is 0 Å². The van der Waals surface area contributed by atoms with E-state index >= 15 is 0 Å². The lowest BCUT2D eigenvalue weighted by Gasteiger charge is -2.47. The predicted molar refractivity (Wildman–Crippen MR) is 101 cm³/mol. The minimum Gasteiger partial charge on any atom is -0.396 e. The molecular formula is C19H36O11. The molecule has 1 aliphatic carbocycles. The average molecular weight is 440 g/mol. The van der Waals surface area contributed by atoms with Crippen LogP contribution in [0.15, 0.2) is 0 Å². The third-order valence-corrected chi connectivity index (χ3v) is 5.88. The molecule has 1 heterocycles. The summed E-state index contributed by atoms with van der Waals surface area (Å²) in [6.45, 7) is 1.15. The van der Waals surface area contributed by atoms with Crippen LogP contribution >= 0.6 is 0 Å². The Labute approximate surface area is 175 Å². The Hall–Kier alpha value is -0.440. The Morgan fingerprint density at radius 3 is 1.93 bits per heavy atom. The molecule has 0 bridgehead atoms. The third kappa shape index (κ3) is 5.67. The molecule has 0 aromatic carbocycles. The van der Waals surface area contributed by atoms with Gasteiger partial charge in [0.05, 0.1) is 25.4 Å². The van der Waals surface area contributed by atoms with Crippen LogP contribution in [0, 0.1) is 5.92 Å². The van der Waals surface area contributed by atoms with E-state index in [1.807, 2.05) is 0 Å². The molecule has 1 saturated heterocycles. The summed E-state index contributed by atoms with van der Waals surface area (Å²) in [5.74, 6) is -1.19. The van der Waals surface area contributed by atoms with Crippen LogP contribution in [0.3, 0.4) is 0 Å². The van der Waals surface area contributed by atoms with E-state index in [0.29, 0.717) is 6.61 Å². The first kappa shape index (κ1) is 25.8. The molecule has 178 valence electrons. The molecule has 11 heteroatoms. The van der Waals surface area contributed by atoms with E-state index in [1.165, 1.54) is 0 Å². The van der Waals surface area contributed by atoms with Crippen LogP contribution in [0.2, 0.25) is 0 Å². The third-order valence-electron chi connectivity index (χ3n) is 5.88. The van der Waals surface area contributed by atoms with Crippen LogP contribution in [-0.4, -0.2) is 122 Å². The van der Waals surface area contributed by atoms with Crippen LogP contribution in [0.25, 0.3) is 0 Å². The highest BCUT2D eigenvalue weighted by Gasteiger charge is 2.53. The molecule has 1 saturated carbocycles. The topological polar surface area (TPSA) is 190 Å². The summed E-state index contributed by atoms with van der Waals surface area (Å²) in [4.78, 5) is 0. The summed E-state index contributed by atoms with van der Waals surface area (Å²) in [6.07, 6.45) is -11.1. The fourth-order valence-corrected chi connectivity index (χ4v) is 3.97. The number of hydrogen-bond donors (Lipinski definition) is 8. The largest absolute Gasteiger partial charge is 0.396 e. The average Bonchev–Trinajstić information content (AvgIpc) is 2.74. The molecule has 8 N–H and O–H groups in total. The summed E-state index contributed by atoms with van der Waals surface area (Å²) in [7, 11) is 0. The van der Waals surface area contributed by atoms with E-state index in [4.69, 9.17) is 14.2 Å². The van der Waals surface area contributed by atoms with E-state index in [0.717, 1.165) is 25.7 Å². The Morgan fingerprint density at radius 2 is 1.33 bits per heavy atom. The van der Waals surface area contributed by atoms with Crippen LogP contribution in [0.4, 0.5) is 0 Å². The van der Waals surface area contributed by atoms with Crippen molar-refractivity contribution in [2.24, 2.45) is 5.92 Å². The standard InChI is InChI=1S/C19H36O11/c1-2-3-4-5-6-28-18-10(8-21)29-19(16(27)15(18)26)30-17-9(7-20)11(22)12(23)13(24)14(17)25/h9-27H,2-8H2,1H3/t9-,10+,11-,12+,13-,14+,15+,16+,17+,18+,19+/m0/s1. The summed E-state index contributed by atoms with van der Waals surface area (Å²) in [5, 5.41) is 80.1. The summed E-state index contributed by atoms with van der Waals surface area (Å²) in [6, 6.07) is 0. The minimum atomic E-state index is -1.76. The lowest BCUT2D eigenvalue weighted by atomic mass is 9.78. The van der Waals surface area contributed by atoms with Gasteiger partial charge in [0.25, 0.3) is 0 Å². The van der Waals surface area contributed by atoms with E-state index in [1.54, 1.807) is 0 Å². The molecule has 0 spiro atoms. The molecule has 2 fully saturated rings. The van der Waals surface area contributed by atoms with Gasteiger partial charge in [0.15, 0.2) is 6.29 Å². The Morgan fingerprint density at radius 1 is 0.700 bits per heavy atom. The fourth-order valence-electron chi connectivity index (χ4n) is 3.97. The maximum Gasteiger partial charge on any atom is 0.187 e. The molecule has 2 rings (SSSR count). The van der Waals surface area contributed by atoms with Crippen molar-refractivity contribution in [1.82, 2.24) is 0 Å². The Bertz CT molecular complexity index is 493. The number of aliphatic hydroxyl groups is 8. The zero-order valence-corrected chi connectivity index (χ0v) is 17.1. The lowest BCUT2D eigenvalue weighted by Crippen LogP contribution is -2.66. The van der Waals surface area contributed by atoms with Gasteiger partial charge in [-0.15, -0.1) is 0 Å². The lowest BCUT2D eigenvalue weighted by molar-refractivity contribution is -0.340. The Balaban J connectivity index is 2.04. The second-order valence-corrected chi connectivity index (χ2v) is 8.01. The molecule has 0 radical (unpaired) electrons. The van der Waals surface area contributed by atoms with E-state index in [9.17, 15) is 40.9 Å². The predicted octanol–water partition coefficient (Wildman–Crippen LogP) is -3.16. The first-order valence-electron chi connectivity index (χ1n) is 10.5. The van der Waals surface area contributed by atoms with Crippen molar-refractivity contribution in [1.29, 1.82) is 0 Å². The molecule has 0 unspecified atom stereocenters. The van der Waals surface area contributed by atoms with Crippen molar-refractivity contribution in [2.45, 2.75) is 93.8 Å². The van der Waals surface area contributed by atoms with Crippen molar-refractivity contribution in [2.75, 3.05) is 19.8 Å².